The van der Waals surface area contributed by atoms with Gasteiger partial charge < -0.3 is 5.32 Å². The van der Waals surface area contributed by atoms with Gasteiger partial charge in [0.2, 0.25) is 0 Å². The number of benzene rings is 7. The normalized spacial score (nSPS) is 14.6. The minimum absolute atomic E-state index is 0.232. The first-order chi connectivity index (χ1) is 24.8. The predicted molar refractivity (Wildman–Crippen MR) is 215 cm³/mol. The molecule has 0 bridgehead atoms. The van der Waals surface area contributed by atoms with Gasteiger partial charge >= 0.3 is 0 Å². The molecule has 10 rings (SSSR count). The Morgan fingerprint density at radius 2 is 1.00 bits per heavy atom. The zero-order valence-electron chi connectivity index (χ0n) is 26.9. The molecule has 5 heteroatoms. The summed E-state index contributed by atoms with van der Waals surface area (Å²) < 4.78 is 5.13. The number of nitrogens with one attached hydrogen (secondary N) is 1. The van der Waals surface area contributed by atoms with E-state index >= 15 is 0 Å². The Hall–Kier alpha value is -5.88. The Kier molecular flexibility index (Phi) is 6.93. The molecule has 0 radical (unpaired) electrons. The van der Waals surface area contributed by atoms with Gasteiger partial charge in [-0.15, -0.1) is 22.7 Å². The molecule has 3 heterocycles. The summed E-state index contributed by atoms with van der Waals surface area (Å²) in [6.45, 7) is 0. The molecule has 7 aromatic carbocycles. The SMILES string of the molecule is c1ccc(C2=NC(c3ccc4c(c3)sc3cccc(-c5ccccc5-c5cccc6sc7ccccc7c56)c34)=NC(c3ccccc3)N2)cc1. The summed E-state index contributed by atoms with van der Waals surface area (Å²) in [6.07, 6.45) is -0.232. The van der Waals surface area contributed by atoms with E-state index in [4.69, 9.17) is 9.98 Å². The van der Waals surface area contributed by atoms with Gasteiger partial charge in [-0.1, -0.05) is 140 Å². The highest BCUT2D eigenvalue weighted by Crippen LogP contribution is 2.46. The van der Waals surface area contributed by atoms with Crippen LogP contribution in [0.1, 0.15) is 22.9 Å². The van der Waals surface area contributed by atoms with Crippen molar-refractivity contribution in [2.45, 2.75) is 6.17 Å². The van der Waals surface area contributed by atoms with E-state index in [0.717, 1.165) is 28.4 Å². The van der Waals surface area contributed by atoms with Crippen molar-refractivity contribution < 1.29 is 0 Å². The van der Waals surface area contributed by atoms with Gasteiger partial charge in [0.05, 0.1) is 0 Å². The summed E-state index contributed by atoms with van der Waals surface area (Å²) in [4.78, 5) is 10.2. The molecule has 2 aromatic heterocycles. The Morgan fingerprint density at radius 3 is 1.72 bits per heavy atom. The van der Waals surface area contributed by atoms with Crippen LogP contribution in [0.3, 0.4) is 0 Å². The van der Waals surface area contributed by atoms with Crippen LogP contribution in [0.2, 0.25) is 0 Å². The second kappa shape index (κ2) is 11.9. The molecule has 1 unspecified atom stereocenters. The molecular weight excluding hydrogens is 647 g/mol. The first kappa shape index (κ1) is 29.1. The van der Waals surface area contributed by atoms with E-state index in [9.17, 15) is 0 Å². The number of rotatable bonds is 5. The van der Waals surface area contributed by atoms with Crippen molar-refractivity contribution in [3.63, 3.8) is 0 Å². The van der Waals surface area contributed by atoms with Crippen LogP contribution >= 0.6 is 22.7 Å². The summed E-state index contributed by atoms with van der Waals surface area (Å²) in [6, 6.07) is 58.5. The lowest BCUT2D eigenvalue weighted by Crippen LogP contribution is -2.33. The van der Waals surface area contributed by atoms with E-state index in [0.29, 0.717) is 0 Å². The standard InChI is InChI=1S/C45H29N3S2/c1-3-13-28(14-4-1)43-46-44(29-15-5-2-6-16-29)48-45(47-43)30-25-26-36-40(27-30)50-39-24-12-21-34(42(36)39)32-18-8-7-17-31(32)33-20-11-23-38-41(33)35-19-9-10-22-37(35)49-38/h1-27,43H,(H,46,47,48). The molecule has 0 saturated heterocycles. The van der Waals surface area contributed by atoms with Crippen molar-refractivity contribution in [3.8, 4) is 22.3 Å². The highest BCUT2D eigenvalue weighted by atomic mass is 32.1. The van der Waals surface area contributed by atoms with Crippen LogP contribution in [0.4, 0.5) is 0 Å². The zero-order valence-corrected chi connectivity index (χ0v) is 28.5. The topological polar surface area (TPSA) is 36.8 Å². The summed E-state index contributed by atoms with van der Waals surface area (Å²) >= 11 is 3.70. The number of nitrogens with zero attached hydrogens (tertiary/aromatic N) is 2. The van der Waals surface area contributed by atoms with E-state index < -0.39 is 0 Å². The fourth-order valence-electron chi connectivity index (χ4n) is 7.27. The lowest BCUT2D eigenvalue weighted by Gasteiger charge is -2.23. The zero-order chi connectivity index (χ0) is 33.0. The van der Waals surface area contributed by atoms with E-state index in [-0.39, 0.29) is 6.17 Å². The molecule has 9 aromatic rings. The van der Waals surface area contributed by atoms with Crippen molar-refractivity contribution in [2.24, 2.45) is 9.98 Å². The Bertz CT molecular complexity index is 2790. The molecule has 0 fully saturated rings. The second-order valence-corrected chi connectivity index (χ2v) is 14.7. The lowest BCUT2D eigenvalue weighted by atomic mass is 9.90. The van der Waals surface area contributed by atoms with Crippen molar-refractivity contribution in [1.29, 1.82) is 0 Å². The van der Waals surface area contributed by atoms with Crippen LogP contribution in [-0.4, -0.2) is 11.7 Å². The second-order valence-electron chi connectivity index (χ2n) is 12.6. The number of aliphatic imine (C=N–C) groups is 2. The fraction of sp³-hybridized carbons (Fsp3) is 0.0222. The third-order valence-corrected chi connectivity index (χ3v) is 11.8. The number of fused-ring (bicyclic) bond motifs is 6. The van der Waals surface area contributed by atoms with Crippen molar-refractivity contribution >= 4 is 74.7 Å². The molecular formula is C45H29N3S2. The largest absolute Gasteiger partial charge is 0.344 e. The Morgan fingerprint density at radius 1 is 0.440 bits per heavy atom. The molecule has 0 amide bonds. The van der Waals surface area contributed by atoms with Gasteiger partial charge in [0.25, 0.3) is 0 Å². The van der Waals surface area contributed by atoms with E-state index in [1.807, 2.05) is 46.9 Å². The number of hydrogen-bond acceptors (Lipinski definition) is 5. The van der Waals surface area contributed by atoms with E-state index in [1.54, 1.807) is 0 Å². The smallest absolute Gasteiger partial charge is 0.159 e. The fourth-order valence-corrected chi connectivity index (χ4v) is 9.57. The van der Waals surface area contributed by atoms with Crippen LogP contribution in [0, 0.1) is 0 Å². The summed E-state index contributed by atoms with van der Waals surface area (Å²) in [5, 5.41) is 8.76. The van der Waals surface area contributed by atoms with Crippen LogP contribution in [0.25, 0.3) is 62.6 Å². The average molecular weight is 676 g/mol. The third-order valence-electron chi connectivity index (χ3n) is 9.57. The maximum absolute atomic E-state index is 5.13. The highest BCUT2D eigenvalue weighted by Gasteiger charge is 2.22. The van der Waals surface area contributed by atoms with Crippen molar-refractivity contribution in [1.82, 2.24) is 5.32 Å². The van der Waals surface area contributed by atoms with Gasteiger partial charge in [0, 0.05) is 51.5 Å². The maximum Gasteiger partial charge on any atom is 0.159 e. The molecule has 3 nitrogen and oxygen atoms in total. The predicted octanol–water partition coefficient (Wildman–Crippen LogP) is 12.3. The van der Waals surface area contributed by atoms with Crippen molar-refractivity contribution in [2.75, 3.05) is 0 Å². The molecule has 0 spiro atoms. The summed E-state index contributed by atoms with van der Waals surface area (Å²) in [5.41, 5.74) is 8.18. The van der Waals surface area contributed by atoms with Gasteiger partial charge in [-0.05, 0) is 52.1 Å². The highest BCUT2D eigenvalue weighted by molar-refractivity contribution is 7.26. The number of amidine groups is 2. The van der Waals surface area contributed by atoms with Gasteiger partial charge in [0.1, 0.15) is 12.0 Å². The third kappa shape index (κ3) is 4.85. The number of hydrogen-bond donors (Lipinski definition) is 1. The molecule has 50 heavy (non-hydrogen) atoms. The minimum atomic E-state index is -0.232. The monoisotopic (exact) mass is 675 g/mol. The first-order valence-corrected chi connectivity index (χ1v) is 18.4. The maximum atomic E-state index is 5.13. The molecule has 1 atom stereocenters. The molecule has 1 aliphatic heterocycles. The molecule has 1 N–H and O–H groups in total. The molecule has 236 valence electrons. The Balaban J connectivity index is 1.12. The van der Waals surface area contributed by atoms with Crippen molar-refractivity contribution in [3.05, 3.63) is 180 Å². The van der Waals surface area contributed by atoms with Crippen LogP contribution in [0.15, 0.2) is 174 Å². The van der Waals surface area contributed by atoms with E-state index in [1.165, 1.54) is 62.6 Å². The molecule has 1 aliphatic rings. The lowest BCUT2D eigenvalue weighted by molar-refractivity contribution is 0.674. The van der Waals surface area contributed by atoms with Crippen LogP contribution in [-0.2, 0) is 0 Å². The molecule has 0 aliphatic carbocycles. The van der Waals surface area contributed by atoms with Gasteiger partial charge in [-0.3, -0.25) is 0 Å². The first-order valence-electron chi connectivity index (χ1n) is 16.8. The molecule has 0 saturated carbocycles. The Labute approximate surface area is 297 Å². The average Bonchev–Trinajstić information content (AvgIpc) is 3.77. The minimum Gasteiger partial charge on any atom is -0.344 e. The number of thiophene rings is 2. The summed E-state index contributed by atoms with van der Waals surface area (Å²) in [7, 11) is 0. The van der Waals surface area contributed by atoms with Gasteiger partial charge in [0.15, 0.2) is 5.84 Å². The van der Waals surface area contributed by atoms with Gasteiger partial charge in [-0.25, -0.2) is 9.98 Å². The van der Waals surface area contributed by atoms with Gasteiger partial charge in [-0.2, -0.15) is 0 Å². The van der Waals surface area contributed by atoms with Crippen LogP contribution < -0.4 is 5.32 Å². The van der Waals surface area contributed by atoms with Crippen LogP contribution in [0.5, 0.6) is 0 Å². The summed E-state index contributed by atoms with van der Waals surface area (Å²) in [5.74, 6) is 1.56. The quantitative estimate of drug-likeness (QED) is 0.194. The van der Waals surface area contributed by atoms with E-state index in [2.05, 4.69) is 145 Å².